The van der Waals surface area contributed by atoms with Crippen LogP contribution < -0.4 is 15.0 Å². The second kappa shape index (κ2) is 9.25. The summed E-state index contributed by atoms with van der Waals surface area (Å²) in [5.74, 6) is 2.21. The van der Waals surface area contributed by atoms with E-state index in [1.54, 1.807) is 24.5 Å². The van der Waals surface area contributed by atoms with Gasteiger partial charge in [0, 0.05) is 31.1 Å². The number of halogens is 1. The number of hydrogen-bond donors (Lipinski definition) is 1. The Morgan fingerprint density at radius 1 is 1.00 bits per heavy atom. The summed E-state index contributed by atoms with van der Waals surface area (Å²) in [7, 11) is 0. The summed E-state index contributed by atoms with van der Waals surface area (Å²) < 4.78 is 18.7. The fraction of sp³-hybridized carbons (Fsp3) is 0.560. The second-order valence-corrected chi connectivity index (χ2v) is 9.81. The van der Waals surface area contributed by atoms with Gasteiger partial charge >= 0.3 is 0 Å². The predicted octanol–water partition coefficient (Wildman–Crippen LogP) is 3.62. The Balaban J connectivity index is 1.14. The molecular weight excluding hydrogens is 421 g/mol. The van der Waals surface area contributed by atoms with Crippen molar-refractivity contribution in [1.29, 1.82) is 0 Å². The molecule has 5 heterocycles. The van der Waals surface area contributed by atoms with E-state index in [1.807, 2.05) is 0 Å². The number of anilines is 1. The quantitative estimate of drug-likeness (QED) is 0.746. The normalized spacial score (nSPS) is 27.8. The van der Waals surface area contributed by atoms with Crippen LogP contribution in [0.15, 0.2) is 36.7 Å². The molecule has 1 amide bonds. The van der Waals surface area contributed by atoms with E-state index in [2.05, 4.69) is 32.0 Å². The molecule has 4 saturated heterocycles. The summed E-state index contributed by atoms with van der Waals surface area (Å²) in [6.45, 7) is 7.19. The molecule has 7 nitrogen and oxygen atoms in total. The van der Waals surface area contributed by atoms with Gasteiger partial charge in [0.1, 0.15) is 11.6 Å². The average molecular weight is 454 g/mol. The lowest BCUT2D eigenvalue weighted by Crippen LogP contribution is -2.54. The van der Waals surface area contributed by atoms with Crippen molar-refractivity contribution >= 4 is 11.9 Å². The number of amides is 1. The summed E-state index contributed by atoms with van der Waals surface area (Å²) in [5, 5.41) is 3.47. The van der Waals surface area contributed by atoms with Gasteiger partial charge in [-0.2, -0.15) is 0 Å². The smallest absolute Gasteiger partial charge is 0.225 e. The highest BCUT2D eigenvalue weighted by molar-refractivity contribution is 5.79. The third-order valence-corrected chi connectivity index (χ3v) is 7.66. The highest BCUT2D eigenvalue weighted by Crippen LogP contribution is 2.35. The van der Waals surface area contributed by atoms with Crippen LogP contribution in [0.3, 0.4) is 0 Å². The van der Waals surface area contributed by atoms with Gasteiger partial charge in [-0.3, -0.25) is 4.79 Å². The number of nitrogens with one attached hydrogen (secondary N) is 1. The van der Waals surface area contributed by atoms with Gasteiger partial charge in [0.2, 0.25) is 11.9 Å². The van der Waals surface area contributed by atoms with Crippen molar-refractivity contribution in [3.63, 3.8) is 0 Å². The Kier molecular flexibility index (Phi) is 6.19. The number of ether oxygens (including phenoxy) is 1. The fourth-order valence-corrected chi connectivity index (χ4v) is 5.44. The zero-order valence-corrected chi connectivity index (χ0v) is 19.2. The Hall–Kier alpha value is -2.74. The molecule has 4 aliphatic heterocycles. The molecule has 33 heavy (non-hydrogen) atoms. The molecule has 4 fully saturated rings. The molecule has 8 heteroatoms. The van der Waals surface area contributed by atoms with Crippen LogP contribution in [-0.4, -0.2) is 59.0 Å². The van der Waals surface area contributed by atoms with Gasteiger partial charge in [0.15, 0.2) is 5.75 Å². The van der Waals surface area contributed by atoms with Crippen LogP contribution in [-0.2, 0) is 4.79 Å². The third kappa shape index (κ3) is 4.95. The minimum absolute atomic E-state index is 0.0416. The highest BCUT2D eigenvalue weighted by atomic mass is 19.1. The monoisotopic (exact) mass is 453 g/mol. The van der Waals surface area contributed by atoms with Crippen molar-refractivity contribution in [2.75, 3.05) is 37.6 Å². The van der Waals surface area contributed by atoms with Crippen LogP contribution >= 0.6 is 0 Å². The first-order chi connectivity index (χ1) is 16.0. The maximum Gasteiger partial charge on any atom is 0.225 e. The first-order valence-electron chi connectivity index (χ1n) is 12.0. The van der Waals surface area contributed by atoms with E-state index in [0.29, 0.717) is 23.4 Å². The summed E-state index contributed by atoms with van der Waals surface area (Å²) >= 11 is 0. The number of benzene rings is 1. The lowest BCUT2D eigenvalue weighted by atomic mass is 9.78. The number of hydrogen-bond acceptors (Lipinski definition) is 6. The van der Waals surface area contributed by atoms with E-state index in [-0.39, 0.29) is 23.2 Å². The van der Waals surface area contributed by atoms with E-state index in [4.69, 9.17) is 4.74 Å². The maximum atomic E-state index is 13.1. The SMILES string of the molecule is CC1(NC(=O)C2CCN(c3ncc(Oc4ccc(F)cc4)cn3)CC2)CCN2CCC1CC2. The molecule has 0 aliphatic carbocycles. The highest BCUT2D eigenvalue weighted by Gasteiger charge is 2.42. The minimum Gasteiger partial charge on any atom is -0.454 e. The Morgan fingerprint density at radius 3 is 2.33 bits per heavy atom. The molecule has 1 atom stereocenters. The summed E-state index contributed by atoms with van der Waals surface area (Å²) in [5.41, 5.74) is -0.0804. The van der Waals surface area contributed by atoms with Gasteiger partial charge in [0.05, 0.1) is 12.4 Å². The van der Waals surface area contributed by atoms with Crippen LogP contribution in [0, 0.1) is 17.7 Å². The van der Waals surface area contributed by atoms with Gasteiger partial charge in [-0.25, -0.2) is 14.4 Å². The van der Waals surface area contributed by atoms with Crippen LogP contribution in [0.5, 0.6) is 11.5 Å². The summed E-state index contributed by atoms with van der Waals surface area (Å²) in [4.78, 5) is 26.7. The molecule has 2 aromatic rings. The number of piperidine rings is 2. The fourth-order valence-electron chi connectivity index (χ4n) is 5.44. The van der Waals surface area contributed by atoms with Crippen molar-refractivity contribution in [3.05, 3.63) is 42.5 Å². The molecular formula is C25H32FN5O2. The van der Waals surface area contributed by atoms with Crippen molar-refractivity contribution < 1.29 is 13.9 Å². The van der Waals surface area contributed by atoms with E-state index < -0.39 is 0 Å². The number of nitrogens with zero attached hydrogens (tertiary/aromatic N) is 4. The summed E-state index contributed by atoms with van der Waals surface area (Å²) in [6.07, 6.45) is 8.28. The third-order valence-electron chi connectivity index (χ3n) is 7.66. The maximum absolute atomic E-state index is 13.1. The van der Waals surface area contributed by atoms with Crippen LogP contribution in [0.1, 0.15) is 39.0 Å². The van der Waals surface area contributed by atoms with Crippen LogP contribution in [0.2, 0.25) is 0 Å². The van der Waals surface area contributed by atoms with Crippen LogP contribution in [0.4, 0.5) is 10.3 Å². The molecule has 0 saturated carbocycles. The molecule has 2 bridgehead atoms. The molecule has 1 aromatic heterocycles. The molecule has 1 unspecified atom stereocenters. The van der Waals surface area contributed by atoms with Gasteiger partial charge < -0.3 is 19.9 Å². The predicted molar refractivity (Wildman–Crippen MR) is 124 cm³/mol. The lowest BCUT2D eigenvalue weighted by Gasteiger charge is -2.39. The van der Waals surface area contributed by atoms with Crippen molar-refractivity contribution in [2.24, 2.45) is 11.8 Å². The largest absolute Gasteiger partial charge is 0.454 e. The van der Waals surface area contributed by atoms with E-state index in [1.165, 1.54) is 38.1 Å². The number of aromatic nitrogens is 2. The second-order valence-electron chi connectivity index (χ2n) is 9.81. The van der Waals surface area contributed by atoms with Crippen molar-refractivity contribution in [3.8, 4) is 11.5 Å². The first kappa shape index (κ1) is 22.1. The molecule has 1 aromatic carbocycles. The molecule has 0 radical (unpaired) electrons. The Labute approximate surface area is 194 Å². The first-order valence-corrected chi connectivity index (χ1v) is 12.0. The number of carbonyl (C=O) groups is 1. The van der Waals surface area contributed by atoms with Crippen molar-refractivity contribution in [2.45, 2.75) is 44.6 Å². The molecule has 6 rings (SSSR count). The van der Waals surface area contributed by atoms with Gasteiger partial charge in [-0.1, -0.05) is 0 Å². The number of carbonyl (C=O) groups excluding carboxylic acids is 1. The van der Waals surface area contributed by atoms with E-state index in [0.717, 1.165) is 38.9 Å². The zero-order chi connectivity index (χ0) is 22.8. The lowest BCUT2D eigenvalue weighted by molar-refractivity contribution is -0.128. The van der Waals surface area contributed by atoms with Gasteiger partial charge in [-0.15, -0.1) is 0 Å². The van der Waals surface area contributed by atoms with Crippen molar-refractivity contribution in [1.82, 2.24) is 20.2 Å². The van der Waals surface area contributed by atoms with Gasteiger partial charge in [0.25, 0.3) is 0 Å². The molecule has 4 aliphatic rings. The molecule has 1 N–H and O–H groups in total. The van der Waals surface area contributed by atoms with Crippen LogP contribution in [0.25, 0.3) is 0 Å². The standard InChI is InChI=1S/C25H32FN5O2/c1-25(10-15-30-11-8-19(25)9-12-30)29-23(32)18-6-13-31(14-7-18)24-27-16-22(17-28-24)33-21-4-2-20(26)3-5-21/h2-5,16-19H,6-15H2,1H3,(H,29,32). The molecule has 176 valence electrons. The Bertz CT molecular complexity index is 954. The average Bonchev–Trinajstić information content (AvgIpc) is 3.09. The molecule has 0 spiro atoms. The number of fused-ring (bicyclic) bond motifs is 4. The topological polar surface area (TPSA) is 70.6 Å². The number of rotatable bonds is 5. The van der Waals surface area contributed by atoms with E-state index >= 15 is 0 Å². The van der Waals surface area contributed by atoms with Gasteiger partial charge in [-0.05, 0) is 82.3 Å². The Morgan fingerprint density at radius 2 is 1.67 bits per heavy atom. The summed E-state index contributed by atoms with van der Waals surface area (Å²) in [6, 6.07) is 5.83. The zero-order valence-electron chi connectivity index (χ0n) is 19.2. The van der Waals surface area contributed by atoms with E-state index in [9.17, 15) is 9.18 Å². The minimum atomic E-state index is -0.306.